The van der Waals surface area contributed by atoms with E-state index in [1.807, 2.05) is 38.1 Å². The number of sulfonamides is 1. The van der Waals surface area contributed by atoms with Crippen molar-refractivity contribution in [2.45, 2.75) is 58.7 Å². The van der Waals surface area contributed by atoms with Crippen LogP contribution in [0.3, 0.4) is 0 Å². The third-order valence-corrected chi connectivity index (χ3v) is 6.65. The summed E-state index contributed by atoms with van der Waals surface area (Å²) in [4.78, 5) is 25.4. The van der Waals surface area contributed by atoms with Gasteiger partial charge in [-0.3, -0.25) is 13.9 Å². The minimum atomic E-state index is -3.40. The maximum atomic E-state index is 13.1. The van der Waals surface area contributed by atoms with Crippen molar-refractivity contribution in [2.75, 3.05) is 10.6 Å². The Kier molecular flexibility index (Phi) is 6.93. The number of anilines is 1. The SMILES string of the molecule is Cc1ccc(C(CC(=O)OC(C)C)NC(=O)c2ccc3c(c2)CC(C)N3S(C)(=O)=O)cc1. The Morgan fingerprint density at radius 2 is 1.81 bits per heavy atom. The van der Waals surface area contributed by atoms with Crippen molar-refractivity contribution >= 4 is 27.6 Å². The van der Waals surface area contributed by atoms with Gasteiger partial charge in [-0.15, -0.1) is 0 Å². The number of nitrogens with one attached hydrogen (secondary N) is 1. The third-order valence-electron chi connectivity index (χ3n) is 5.38. The number of nitrogens with zero attached hydrogens (tertiary/aromatic N) is 1. The van der Waals surface area contributed by atoms with Gasteiger partial charge in [-0.1, -0.05) is 29.8 Å². The molecule has 0 saturated heterocycles. The molecule has 1 aliphatic heterocycles. The molecule has 2 aromatic carbocycles. The fraction of sp³-hybridized carbons (Fsp3) is 0.417. The summed E-state index contributed by atoms with van der Waals surface area (Å²) < 4.78 is 30.9. The molecule has 2 aromatic rings. The van der Waals surface area contributed by atoms with Crippen LogP contribution in [0, 0.1) is 6.92 Å². The van der Waals surface area contributed by atoms with E-state index in [9.17, 15) is 18.0 Å². The van der Waals surface area contributed by atoms with Crippen LogP contribution in [0.4, 0.5) is 5.69 Å². The van der Waals surface area contributed by atoms with Gasteiger partial charge >= 0.3 is 5.97 Å². The number of ether oxygens (including phenoxy) is 1. The average Bonchev–Trinajstić information content (AvgIpc) is 3.02. The standard InChI is InChI=1S/C24H30N2O5S/c1-15(2)31-23(27)14-21(18-8-6-16(3)7-9-18)25-24(28)19-10-11-22-20(13-19)12-17(4)26(22)32(5,29)30/h6-11,13,15,17,21H,12,14H2,1-5H3,(H,25,28). The molecule has 1 amide bonds. The zero-order chi connectivity index (χ0) is 23.6. The molecule has 0 saturated carbocycles. The number of fused-ring (bicyclic) bond motifs is 1. The predicted molar refractivity (Wildman–Crippen MR) is 124 cm³/mol. The molecule has 0 fully saturated rings. The van der Waals surface area contributed by atoms with Crippen molar-refractivity contribution in [1.29, 1.82) is 0 Å². The van der Waals surface area contributed by atoms with Crippen molar-refractivity contribution in [3.63, 3.8) is 0 Å². The van der Waals surface area contributed by atoms with Crippen LogP contribution >= 0.6 is 0 Å². The second-order valence-corrected chi connectivity index (χ2v) is 10.5. The van der Waals surface area contributed by atoms with Crippen LogP contribution in [-0.2, 0) is 26.0 Å². The second-order valence-electron chi connectivity index (χ2n) is 8.63. The molecule has 3 rings (SSSR count). The van der Waals surface area contributed by atoms with Crippen LogP contribution in [0.5, 0.6) is 0 Å². The first-order valence-corrected chi connectivity index (χ1v) is 12.5. The summed E-state index contributed by atoms with van der Waals surface area (Å²) in [6.45, 7) is 7.37. The first kappa shape index (κ1) is 23.8. The molecule has 0 aromatic heterocycles. The number of carbonyl (C=O) groups is 2. The Balaban J connectivity index is 1.84. The second kappa shape index (κ2) is 9.32. The summed E-state index contributed by atoms with van der Waals surface area (Å²) in [6.07, 6.45) is 1.48. The zero-order valence-corrected chi connectivity index (χ0v) is 19.9. The van der Waals surface area contributed by atoms with Gasteiger partial charge in [0, 0.05) is 11.6 Å². The molecular weight excluding hydrogens is 428 g/mol. The van der Waals surface area contributed by atoms with Gasteiger partial charge in [0.1, 0.15) is 0 Å². The molecular formula is C24H30N2O5S. The summed E-state index contributed by atoms with van der Waals surface area (Å²) >= 11 is 0. The normalized spacial score (nSPS) is 16.6. The number of hydrogen-bond acceptors (Lipinski definition) is 5. The molecule has 2 atom stereocenters. The Morgan fingerprint density at radius 1 is 1.16 bits per heavy atom. The van der Waals surface area contributed by atoms with Crippen LogP contribution in [0.25, 0.3) is 0 Å². The molecule has 172 valence electrons. The largest absolute Gasteiger partial charge is 0.463 e. The lowest BCUT2D eigenvalue weighted by Crippen LogP contribution is -2.34. The third kappa shape index (κ3) is 5.48. The fourth-order valence-electron chi connectivity index (χ4n) is 4.02. The van der Waals surface area contributed by atoms with Crippen molar-refractivity contribution in [3.05, 3.63) is 64.7 Å². The van der Waals surface area contributed by atoms with Crippen LogP contribution < -0.4 is 9.62 Å². The van der Waals surface area contributed by atoms with Gasteiger partial charge < -0.3 is 10.1 Å². The number of benzene rings is 2. The van der Waals surface area contributed by atoms with Gasteiger partial charge in [0.2, 0.25) is 10.0 Å². The van der Waals surface area contributed by atoms with Gasteiger partial charge in [0.15, 0.2) is 0 Å². The maximum Gasteiger partial charge on any atom is 0.308 e. The summed E-state index contributed by atoms with van der Waals surface area (Å²) in [5.41, 5.74) is 3.71. The molecule has 0 spiro atoms. The van der Waals surface area contributed by atoms with Crippen molar-refractivity contribution in [2.24, 2.45) is 0 Å². The topological polar surface area (TPSA) is 92.8 Å². The monoisotopic (exact) mass is 458 g/mol. The minimum Gasteiger partial charge on any atom is -0.463 e. The number of hydrogen-bond donors (Lipinski definition) is 1. The lowest BCUT2D eigenvalue weighted by atomic mass is 10.0. The van der Waals surface area contributed by atoms with Crippen LogP contribution in [0.15, 0.2) is 42.5 Å². The number of esters is 1. The zero-order valence-electron chi connectivity index (χ0n) is 19.1. The van der Waals surface area contributed by atoms with Crippen LogP contribution in [-0.4, -0.2) is 38.7 Å². The Bertz CT molecular complexity index is 1110. The molecule has 0 aliphatic carbocycles. The average molecular weight is 459 g/mol. The molecule has 1 N–H and O–H groups in total. The number of aryl methyl sites for hydroxylation is 1. The molecule has 32 heavy (non-hydrogen) atoms. The van der Waals surface area contributed by atoms with Gasteiger partial charge in [0.25, 0.3) is 5.91 Å². The van der Waals surface area contributed by atoms with E-state index in [2.05, 4.69) is 5.32 Å². The van der Waals surface area contributed by atoms with Crippen molar-refractivity contribution < 1.29 is 22.7 Å². The maximum absolute atomic E-state index is 13.1. The van der Waals surface area contributed by atoms with Gasteiger partial charge in [-0.2, -0.15) is 0 Å². The van der Waals surface area contributed by atoms with E-state index in [-0.39, 0.29) is 24.5 Å². The highest BCUT2D eigenvalue weighted by atomic mass is 32.2. The molecule has 7 nitrogen and oxygen atoms in total. The molecule has 1 heterocycles. The highest BCUT2D eigenvalue weighted by Crippen LogP contribution is 2.34. The summed E-state index contributed by atoms with van der Waals surface area (Å²) in [5, 5.41) is 2.95. The first-order valence-electron chi connectivity index (χ1n) is 10.6. The Labute approximate surface area is 189 Å². The predicted octanol–water partition coefficient (Wildman–Crippen LogP) is 3.52. The van der Waals surface area contributed by atoms with Gasteiger partial charge in [-0.25, -0.2) is 8.42 Å². The highest BCUT2D eigenvalue weighted by Gasteiger charge is 2.33. The van der Waals surface area contributed by atoms with E-state index in [4.69, 9.17) is 4.74 Å². The first-order chi connectivity index (χ1) is 15.0. The summed E-state index contributed by atoms with van der Waals surface area (Å²) in [6, 6.07) is 11.9. The summed E-state index contributed by atoms with van der Waals surface area (Å²) in [5.74, 6) is -0.723. The summed E-state index contributed by atoms with van der Waals surface area (Å²) in [7, 11) is -3.40. The highest BCUT2D eigenvalue weighted by molar-refractivity contribution is 7.92. The minimum absolute atomic E-state index is 0.0107. The number of amides is 1. The number of rotatable bonds is 7. The van der Waals surface area contributed by atoms with Crippen LogP contribution in [0.1, 0.15) is 60.3 Å². The Hall–Kier alpha value is -2.87. The molecule has 0 radical (unpaired) electrons. The number of carbonyl (C=O) groups excluding carboxylic acids is 2. The van der Waals surface area contributed by atoms with E-state index >= 15 is 0 Å². The Morgan fingerprint density at radius 3 is 2.41 bits per heavy atom. The quantitative estimate of drug-likeness (QED) is 0.641. The van der Waals surface area contributed by atoms with Gasteiger partial charge in [0.05, 0.1) is 30.5 Å². The lowest BCUT2D eigenvalue weighted by Gasteiger charge is -2.22. The molecule has 8 heteroatoms. The van der Waals surface area contributed by atoms with E-state index in [0.29, 0.717) is 17.7 Å². The smallest absolute Gasteiger partial charge is 0.308 e. The lowest BCUT2D eigenvalue weighted by molar-refractivity contribution is -0.147. The van der Waals surface area contributed by atoms with E-state index in [1.54, 1.807) is 32.0 Å². The van der Waals surface area contributed by atoms with E-state index in [1.165, 1.54) is 10.6 Å². The van der Waals surface area contributed by atoms with Crippen LogP contribution in [0.2, 0.25) is 0 Å². The van der Waals surface area contributed by atoms with E-state index < -0.39 is 22.0 Å². The van der Waals surface area contributed by atoms with Crippen molar-refractivity contribution in [3.8, 4) is 0 Å². The van der Waals surface area contributed by atoms with E-state index in [0.717, 1.165) is 16.7 Å². The fourth-order valence-corrected chi connectivity index (χ4v) is 5.28. The molecule has 1 aliphatic rings. The molecule has 2 unspecified atom stereocenters. The van der Waals surface area contributed by atoms with Gasteiger partial charge in [-0.05, 0) is 63.4 Å². The van der Waals surface area contributed by atoms with Crippen molar-refractivity contribution in [1.82, 2.24) is 5.32 Å². The molecule has 0 bridgehead atoms.